The Labute approximate surface area is 117 Å². The number of benzene rings is 1. The number of carboxylic acids is 1. The van der Waals surface area contributed by atoms with Gasteiger partial charge in [0.25, 0.3) is 0 Å². The van der Waals surface area contributed by atoms with Crippen LogP contribution < -0.4 is 4.74 Å². The molecule has 0 amide bonds. The van der Waals surface area contributed by atoms with Crippen LogP contribution in [0.3, 0.4) is 0 Å². The number of ether oxygens (including phenoxy) is 1. The molecule has 0 aliphatic rings. The van der Waals surface area contributed by atoms with Gasteiger partial charge in [-0.05, 0) is 18.6 Å². The van der Waals surface area contributed by atoms with E-state index in [2.05, 4.69) is 0 Å². The lowest BCUT2D eigenvalue weighted by Crippen LogP contribution is -2.13. The molecule has 1 atom stereocenters. The van der Waals surface area contributed by atoms with Gasteiger partial charge in [0.2, 0.25) is 0 Å². The Morgan fingerprint density at radius 3 is 2.35 bits per heavy atom. The van der Waals surface area contributed by atoms with E-state index in [0.29, 0.717) is 11.1 Å². The minimum atomic E-state index is -3.58. The first-order chi connectivity index (χ1) is 9.15. The highest BCUT2D eigenvalue weighted by molar-refractivity contribution is 7.90. The summed E-state index contributed by atoms with van der Waals surface area (Å²) in [4.78, 5) is 11.2. The monoisotopic (exact) mass is 302 g/mol. The second-order valence-corrected chi connectivity index (χ2v) is 6.64. The second kappa shape index (κ2) is 5.80. The molecular weight excluding hydrogens is 284 g/mol. The molecule has 20 heavy (non-hydrogen) atoms. The molecule has 0 aliphatic heterocycles. The number of carbonyl (C=O) groups is 1. The van der Waals surface area contributed by atoms with Gasteiger partial charge in [0, 0.05) is 24.3 Å². The summed E-state index contributed by atoms with van der Waals surface area (Å²) in [7, 11) is -2.26. The zero-order valence-corrected chi connectivity index (χ0v) is 12.6. The van der Waals surface area contributed by atoms with Crippen LogP contribution in [-0.2, 0) is 9.84 Å². The van der Waals surface area contributed by atoms with Crippen LogP contribution in [0.4, 0.5) is 0 Å². The summed E-state index contributed by atoms with van der Waals surface area (Å²) in [6.07, 6.45) is 1.01. The normalized spacial score (nSPS) is 13.1. The van der Waals surface area contributed by atoms with Gasteiger partial charge in [-0.25, -0.2) is 13.2 Å². The Bertz CT molecular complexity index is 633. The SMILES string of the molecule is COc1c(C(=O)O)cc(S(C)(=O)=O)c(C)c1C(C)CO. The molecule has 6 nitrogen and oxygen atoms in total. The first-order valence-electron chi connectivity index (χ1n) is 5.90. The molecule has 0 aliphatic carbocycles. The van der Waals surface area contributed by atoms with E-state index in [0.717, 1.165) is 12.3 Å². The number of sulfone groups is 1. The number of aliphatic hydroxyl groups excluding tert-OH is 1. The lowest BCUT2D eigenvalue weighted by molar-refractivity contribution is 0.0692. The third kappa shape index (κ3) is 2.94. The fraction of sp³-hybridized carbons (Fsp3) is 0.462. The standard InChI is InChI=1S/C13H18O6S/c1-7(6-14)11-8(2)10(20(4,17)18)5-9(13(15)16)12(11)19-3/h5,7,14H,6H2,1-4H3,(H,15,16). The number of aromatic carboxylic acids is 1. The number of hydrogen-bond donors (Lipinski definition) is 2. The van der Waals surface area contributed by atoms with Crippen molar-refractivity contribution in [2.75, 3.05) is 20.0 Å². The van der Waals surface area contributed by atoms with Gasteiger partial charge in [-0.15, -0.1) is 0 Å². The summed E-state index contributed by atoms with van der Waals surface area (Å²) in [5, 5.41) is 18.5. The fourth-order valence-electron chi connectivity index (χ4n) is 2.20. The molecule has 0 spiro atoms. The molecule has 0 heterocycles. The van der Waals surface area contributed by atoms with E-state index in [-0.39, 0.29) is 22.8 Å². The van der Waals surface area contributed by atoms with E-state index < -0.39 is 21.7 Å². The summed E-state index contributed by atoms with van der Waals surface area (Å²) in [5.74, 6) is -1.63. The van der Waals surface area contributed by atoms with Crippen LogP contribution in [0.15, 0.2) is 11.0 Å². The van der Waals surface area contributed by atoms with Crippen LogP contribution in [-0.4, -0.2) is 44.6 Å². The van der Waals surface area contributed by atoms with Crippen LogP contribution in [0.2, 0.25) is 0 Å². The van der Waals surface area contributed by atoms with Gasteiger partial charge in [0.15, 0.2) is 9.84 Å². The molecule has 0 bridgehead atoms. The van der Waals surface area contributed by atoms with Crippen molar-refractivity contribution in [3.8, 4) is 5.75 Å². The molecule has 0 aromatic heterocycles. The summed E-state index contributed by atoms with van der Waals surface area (Å²) in [6.45, 7) is 3.00. The molecule has 1 rings (SSSR count). The number of carboxylic acid groups (broad SMARTS) is 1. The minimum absolute atomic E-state index is 0.0639. The Kier molecular flexibility index (Phi) is 4.77. The number of rotatable bonds is 5. The van der Waals surface area contributed by atoms with Crippen LogP contribution in [0.5, 0.6) is 5.75 Å². The van der Waals surface area contributed by atoms with E-state index in [9.17, 15) is 23.4 Å². The van der Waals surface area contributed by atoms with Crippen molar-refractivity contribution in [2.45, 2.75) is 24.7 Å². The van der Waals surface area contributed by atoms with Gasteiger partial charge in [-0.3, -0.25) is 0 Å². The summed E-state index contributed by atoms with van der Waals surface area (Å²) in [6, 6.07) is 1.10. The number of hydrogen-bond acceptors (Lipinski definition) is 5. The maximum absolute atomic E-state index is 11.8. The Balaban J connectivity index is 3.88. The smallest absolute Gasteiger partial charge is 0.339 e. The minimum Gasteiger partial charge on any atom is -0.496 e. The van der Waals surface area contributed by atoms with E-state index in [1.807, 2.05) is 0 Å². The van der Waals surface area contributed by atoms with Crippen molar-refractivity contribution < 1.29 is 28.2 Å². The van der Waals surface area contributed by atoms with Crippen molar-refractivity contribution in [1.29, 1.82) is 0 Å². The first-order valence-corrected chi connectivity index (χ1v) is 7.80. The lowest BCUT2D eigenvalue weighted by atomic mass is 9.93. The zero-order valence-electron chi connectivity index (χ0n) is 11.8. The third-order valence-corrected chi connectivity index (χ3v) is 4.36. The molecule has 1 aromatic carbocycles. The largest absolute Gasteiger partial charge is 0.496 e. The zero-order chi connectivity index (χ0) is 15.7. The number of methoxy groups -OCH3 is 1. The predicted molar refractivity (Wildman–Crippen MR) is 73.3 cm³/mol. The van der Waals surface area contributed by atoms with E-state index in [1.165, 1.54) is 7.11 Å². The predicted octanol–water partition coefficient (Wildman–Crippen LogP) is 1.20. The molecule has 2 N–H and O–H groups in total. The van der Waals surface area contributed by atoms with Crippen molar-refractivity contribution in [3.63, 3.8) is 0 Å². The first kappa shape index (κ1) is 16.5. The van der Waals surface area contributed by atoms with Gasteiger partial charge >= 0.3 is 5.97 Å². The molecule has 0 fully saturated rings. The van der Waals surface area contributed by atoms with Gasteiger partial charge in [0.05, 0.1) is 12.0 Å². The molecule has 1 aromatic rings. The van der Waals surface area contributed by atoms with Crippen molar-refractivity contribution in [2.24, 2.45) is 0 Å². The average molecular weight is 302 g/mol. The third-order valence-electron chi connectivity index (χ3n) is 3.14. The number of aliphatic hydroxyl groups is 1. The second-order valence-electron chi connectivity index (χ2n) is 4.66. The molecule has 0 saturated heterocycles. The lowest BCUT2D eigenvalue weighted by Gasteiger charge is -2.20. The molecule has 1 unspecified atom stereocenters. The fourth-order valence-corrected chi connectivity index (χ4v) is 3.20. The molecular formula is C13H18O6S. The highest BCUT2D eigenvalue weighted by atomic mass is 32.2. The summed E-state index contributed by atoms with van der Waals surface area (Å²) < 4.78 is 28.7. The maximum Gasteiger partial charge on any atom is 0.339 e. The Hall–Kier alpha value is -1.60. The Morgan fingerprint density at radius 2 is 2.00 bits per heavy atom. The van der Waals surface area contributed by atoms with Gasteiger partial charge in [-0.2, -0.15) is 0 Å². The molecule has 112 valence electrons. The topological polar surface area (TPSA) is 101 Å². The van der Waals surface area contributed by atoms with Gasteiger partial charge in [-0.1, -0.05) is 6.92 Å². The molecule has 0 saturated carbocycles. The highest BCUT2D eigenvalue weighted by Gasteiger charge is 2.26. The van der Waals surface area contributed by atoms with Crippen LogP contribution in [0.25, 0.3) is 0 Å². The van der Waals surface area contributed by atoms with Crippen LogP contribution in [0, 0.1) is 6.92 Å². The molecule has 0 radical (unpaired) electrons. The van der Waals surface area contributed by atoms with E-state index >= 15 is 0 Å². The quantitative estimate of drug-likeness (QED) is 0.847. The van der Waals surface area contributed by atoms with Crippen LogP contribution in [0.1, 0.15) is 34.3 Å². The average Bonchev–Trinajstić information content (AvgIpc) is 2.35. The van der Waals surface area contributed by atoms with E-state index in [4.69, 9.17) is 4.74 Å². The summed E-state index contributed by atoms with van der Waals surface area (Å²) in [5.41, 5.74) is 0.569. The van der Waals surface area contributed by atoms with Gasteiger partial charge in [0.1, 0.15) is 11.3 Å². The van der Waals surface area contributed by atoms with Crippen LogP contribution >= 0.6 is 0 Å². The van der Waals surface area contributed by atoms with E-state index in [1.54, 1.807) is 13.8 Å². The van der Waals surface area contributed by atoms with Gasteiger partial charge < -0.3 is 14.9 Å². The van der Waals surface area contributed by atoms with Crippen molar-refractivity contribution >= 4 is 15.8 Å². The Morgan fingerprint density at radius 1 is 1.45 bits per heavy atom. The van der Waals surface area contributed by atoms with Crippen molar-refractivity contribution in [1.82, 2.24) is 0 Å². The highest BCUT2D eigenvalue weighted by Crippen LogP contribution is 2.37. The van der Waals surface area contributed by atoms with Crippen molar-refractivity contribution in [3.05, 3.63) is 22.8 Å². The summed E-state index contributed by atoms with van der Waals surface area (Å²) >= 11 is 0. The maximum atomic E-state index is 11.8. The molecule has 7 heteroatoms.